The Kier molecular flexibility index (Phi) is 7.22. The Bertz CT molecular complexity index is 950. The van der Waals surface area contributed by atoms with Crippen LogP contribution < -0.4 is 10.0 Å². The summed E-state index contributed by atoms with van der Waals surface area (Å²) in [6.45, 7) is 4.00. The van der Waals surface area contributed by atoms with Crippen molar-refractivity contribution >= 4 is 39.1 Å². The SMILES string of the molecule is CC(C)CNS(=O)(=O)c1cc(C(=O)NCc2cccc(F)c2)c(Cl)cc1Cl. The highest BCUT2D eigenvalue weighted by Gasteiger charge is 2.22. The fourth-order valence-electron chi connectivity index (χ4n) is 2.19. The van der Waals surface area contributed by atoms with E-state index in [9.17, 15) is 17.6 Å². The predicted octanol–water partition coefficient (Wildman–Crippen LogP) is 4.00. The number of nitrogens with one attached hydrogen (secondary N) is 2. The average Bonchev–Trinajstić information content (AvgIpc) is 2.58. The zero-order chi connectivity index (χ0) is 20.2. The highest BCUT2D eigenvalue weighted by Crippen LogP contribution is 2.28. The topological polar surface area (TPSA) is 75.3 Å². The molecule has 146 valence electrons. The van der Waals surface area contributed by atoms with Crippen LogP contribution in [0.1, 0.15) is 29.8 Å². The van der Waals surface area contributed by atoms with Gasteiger partial charge in [0.15, 0.2) is 0 Å². The molecule has 0 aliphatic rings. The molecule has 2 rings (SSSR count). The summed E-state index contributed by atoms with van der Waals surface area (Å²) in [6, 6.07) is 8.10. The van der Waals surface area contributed by atoms with E-state index < -0.39 is 21.7 Å². The summed E-state index contributed by atoms with van der Waals surface area (Å²) in [6.07, 6.45) is 0. The zero-order valence-electron chi connectivity index (χ0n) is 14.7. The van der Waals surface area contributed by atoms with Crippen LogP contribution in [0.3, 0.4) is 0 Å². The number of carbonyl (C=O) groups excluding carboxylic acids is 1. The van der Waals surface area contributed by atoms with Crippen molar-refractivity contribution in [2.75, 3.05) is 6.54 Å². The van der Waals surface area contributed by atoms with Gasteiger partial charge in [-0.3, -0.25) is 4.79 Å². The van der Waals surface area contributed by atoms with E-state index in [1.807, 2.05) is 13.8 Å². The van der Waals surface area contributed by atoms with E-state index in [0.29, 0.717) is 5.56 Å². The van der Waals surface area contributed by atoms with Crippen molar-refractivity contribution in [1.29, 1.82) is 0 Å². The van der Waals surface area contributed by atoms with E-state index in [2.05, 4.69) is 10.0 Å². The van der Waals surface area contributed by atoms with Gasteiger partial charge in [0.2, 0.25) is 10.0 Å². The molecule has 0 aromatic heterocycles. The molecule has 0 unspecified atom stereocenters. The maximum absolute atomic E-state index is 13.2. The second kappa shape index (κ2) is 9.01. The summed E-state index contributed by atoms with van der Waals surface area (Å²) < 4.78 is 40.5. The second-order valence-electron chi connectivity index (χ2n) is 6.32. The molecular weight excluding hydrogens is 414 g/mol. The van der Waals surface area contributed by atoms with E-state index in [-0.39, 0.29) is 39.5 Å². The fraction of sp³-hybridized carbons (Fsp3) is 0.278. The summed E-state index contributed by atoms with van der Waals surface area (Å²) >= 11 is 12.1. The monoisotopic (exact) mass is 432 g/mol. The number of sulfonamides is 1. The Morgan fingerprint density at radius 2 is 1.85 bits per heavy atom. The lowest BCUT2D eigenvalue weighted by atomic mass is 10.2. The maximum Gasteiger partial charge on any atom is 0.253 e. The van der Waals surface area contributed by atoms with E-state index in [0.717, 1.165) is 6.07 Å². The summed E-state index contributed by atoms with van der Waals surface area (Å²) in [5, 5.41) is 2.51. The Balaban J connectivity index is 2.25. The first-order valence-corrected chi connectivity index (χ1v) is 10.4. The number of carbonyl (C=O) groups is 1. The smallest absolute Gasteiger partial charge is 0.253 e. The standard InChI is InChI=1S/C18H19Cl2FN2O3S/c1-11(2)9-23-27(25,26)17-7-14(15(19)8-16(17)20)18(24)22-10-12-4-3-5-13(21)6-12/h3-8,11,23H,9-10H2,1-2H3,(H,22,24). The van der Waals surface area contributed by atoms with Crippen molar-refractivity contribution in [1.82, 2.24) is 10.0 Å². The van der Waals surface area contributed by atoms with Crippen LogP contribution in [-0.2, 0) is 16.6 Å². The molecule has 0 fully saturated rings. The Labute approximate surface area is 167 Å². The minimum Gasteiger partial charge on any atom is -0.348 e. The van der Waals surface area contributed by atoms with E-state index in [1.54, 1.807) is 6.07 Å². The van der Waals surface area contributed by atoms with Crippen molar-refractivity contribution in [2.24, 2.45) is 5.92 Å². The van der Waals surface area contributed by atoms with Gasteiger partial charge in [0.05, 0.1) is 15.6 Å². The third-order valence-corrected chi connectivity index (χ3v) is 5.78. The molecule has 0 bridgehead atoms. The minimum absolute atomic E-state index is 0.0135. The fourth-order valence-corrected chi connectivity index (χ4v) is 4.26. The van der Waals surface area contributed by atoms with Gasteiger partial charge in [-0.2, -0.15) is 0 Å². The van der Waals surface area contributed by atoms with Gasteiger partial charge in [-0.15, -0.1) is 0 Å². The van der Waals surface area contributed by atoms with Crippen molar-refractivity contribution in [3.05, 3.63) is 63.4 Å². The van der Waals surface area contributed by atoms with E-state index in [4.69, 9.17) is 23.2 Å². The lowest BCUT2D eigenvalue weighted by Gasteiger charge is -2.13. The molecule has 0 spiro atoms. The van der Waals surface area contributed by atoms with Crippen LogP contribution in [0.2, 0.25) is 10.0 Å². The van der Waals surface area contributed by atoms with Crippen LogP contribution in [-0.4, -0.2) is 20.9 Å². The van der Waals surface area contributed by atoms with Crippen molar-refractivity contribution in [2.45, 2.75) is 25.3 Å². The molecule has 0 saturated carbocycles. The maximum atomic E-state index is 13.2. The Morgan fingerprint density at radius 3 is 2.48 bits per heavy atom. The molecule has 2 N–H and O–H groups in total. The van der Waals surface area contributed by atoms with E-state index >= 15 is 0 Å². The zero-order valence-corrected chi connectivity index (χ0v) is 17.1. The summed E-state index contributed by atoms with van der Waals surface area (Å²) in [5.74, 6) is -0.919. The largest absolute Gasteiger partial charge is 0.348 e. The summed E-state index contributed by atoms with van der Waals surface area (Å²) in [7, 11) is -3.90. The first-order valence-electron chi connectivity index (χ1n) is 8.11. The highest BCUT2D eigenvalue weighted by atomic mass is 35.5. The van der Waals surface area contributed by atoms with E-state index in [1.165, 1.54) is 24.3 Å². The van der Waals surface area contributed by atoms with Crippen molar-refractivity contribution in [3.63, 3.8) is 0 Å². The number of halogens is 3. The minimum atomic E-state index is -3.90. The first kappa shape index (κ1) is 21.6. The third kappa shape index (κ3) is 5.90. The molecule has 1 amide bonds. The third-order valence-electron chi connectivity index (χ3n) is 3.58. The highest BCUT2D eigenvalue weighted by molar-refractivity contribution is 7.89. The quantitative estimate of drug-likeness (QED) is 0.693. The lowest BCUT2D eigenvalue weighted by molar-refractivity contribution is 0.0951. The Morgan fingerprint density at radius 1 is 1.15 bits per heavy atom. The van der Waals surface area contributed by atoms with Crippen LogP contribution in [0.15, 0.2) is 41.3 Å². The first-order chi connectivity index (χ1) is 12.6. The lowest BCUT2D eigenvalue weighted by Crippen LogP contribution is -2.28. The predicted molar refractivity (Wildman–Crippen MR) is 104 cm³/mol. The molecular formula is C18H19Cl2FN2O3S. The number of benzene rings is 2. The van der Waals surface area contributed by atoms with Gasteiger partial charge >= 0.3 is 0 Å². The summed E-state index contributed by atoms with van der Waals surface area (Å²) in [4.78, 5) is 12.2. The van der Waals surface area contributed by atoms with Crippen molar-refractivity contribution < 1.29 is 17.6 Å². The van der Waals surface area contributed by atoms with Gasteiger partial charge in [-0.05, 0) is 35.7 Å². The number of hydrogen-bond donors (Lipinski definition) is 2. The molecule has 0 heterocycles. The molecule has 0 saturated heterocycles. The molecule has 5 nitrogen and oxygen atoms in total. The number of rotatable bonds is 7. The van der Waals surface area contributed by atoms with Crippen LogP contribution >= 0.6 is 23.2 Å². The average molecular weight is 433 g/mol. The van der Waals surface area contributed by atoms with Gasteiger partial charge in [0.1, 0.15) is 10.7 Å². The molecule has 0 atom stereocenters. The summed E-state index contributed by atoms with van der Waals surface area (Å²) in [5.41, 5.74) is 0.516. The van der Waals surface area contributed by atoms with Gasteiger partial charge < -0.3 is 5.32 Å². The number of hydrogen-bond acceptors (Lipinski definition) is 3. The molecule has 0 aliphatic heterocycles. The second-order valence-corrected chi connectivity index (χ2v) is 8.87. The molecule has 9 heteroatoms. The van der Waals surface area contributed by atoms with Gasteiger partial charge in [0, 0.05) is 13.1 Å². The van der Waals surface area contributed by atoms with Crippen LogP contribution in [0, 0.1) is 11.7 Å². The molecule has 2 aromatic rings. The van der Waals surface area contributed by atoms with Gasteiger partial charge in [0.25, 0.3) is 5.91 Å². The molecule has 0 aliphatic carbocycles. The van der Waals surface area contributed by atoms with Gasteiger partial charge in [-0.25, -0.2) is 17.5 Å². The Hall–Kier alpha value is -1.67. The van der Waals surface area contributed by atoms with Crippen LogP contribution in [0.5, 0.6) is 0 Å². The van der Waals surface area contributed by atoms with Crippen LogP contribution in [0.25, 0.3) is 0 Å². The number of amides is 1. The molecule has 2 aromatic carbocycles. The van der Waals surface area contributed by atoms with Gasteiger partial charge in [-0.1, -0.05) is 49.2 Å². The molecule has 0 radical (unpaired) electrons. The van der Waals surface area contributed by atoms with Crippen molar-refractivity contribution in [3.8, 4) is 0 Å². The normalized spacial score (nSPS) is 11.6. The van der Waals surface area contributed by atoms with Crippen LogP contribution in [0.4, 0.5) is 4.39 Å². The molecule has 27 heavy (non-hydrogen) atoms.